The van der Waals surface area contributed by atoms with E-state index in [9.17, 15) is 4.79 Å². The maximum Gasteiger partial charge on any atom is 0.303 e. The molecule has 0 aromatic carbocycles. The van der Waals surface area contributed by atoms with Gasteiger partial charge in [0.25, 0.3) is 0 Å². The van der Waals surface area contributed by atoms with Gasteiger partial charge in [-0.2, -0.15) is 0 Å². The molecule has 2 nitrogen and oxygen atoms in total. The minimum absolute atomic E-state index is 0.288. The fourth-order valence-corrected chi connectivity index (χ4v) is 2.16. The van der Waals surface area contributed by atoms with E-state index in [-0.39, 0.29) is 6.42 Å². The predicted molar refractivity (Wildman–Crippen MR) is 96.1 cm³/mol. The molecule has 0 atom stereocenters. The third kappa shape index (κ3) is 18.7. The van der Waals surface area contributed by atoms with Gasteiger partial charge < -0.3 is 5.11 Å². The van der Waals surface area contributed by atoms with Crippen LogP contribution in [0.1, 0.15) is 84.0 Å². The maximum atomic E-state index is 10.3. The van der Waals surface area contributed by atoms with Crippen LogP contribution in [0.3, 0.4) is 0 Å². The largest absolute Gasteiger partial charge is 0.481 e. The molecule has 0 saturated carbocycles. The first-order valence-corrected chi connectivity index (χ1v) is 8.95. The molecule has 0 rings (SSSR count). The van der Waals surface area contributed by atoms with E-state index in [2.05, 4.69) is 43.4 Å². The van der Waals surface area contributed by atoms with E-state index in [4.69, 9.17) is 5.11 Å². The first-order valence-electron chi connectivity index (χ1n) is 8.95. The lowest BCUT2D eigenvalue weighted by Gasteiger charge is -1.94. The van der Waals surface area contributed by atoms with E-state index in [0.29, 0.717) is 0 Å². The summed E-state index contributed by atoms with van der Waals surface area (Å²) >= 11 is 0. The molecule has 0 amide bonds. The number of aliphatic carboxylic acids is 1. The van der Waals surface area contributed by atoms with Gasteiger partial charge in [0.05, 0.1) is 0 Å². The Kier molecular flexibility index (Phi) is 16.7. The third-order valence-electron chi connectivity index (χ3n) is 3.53. The number of rotatable bonds is 15. The second kappa shape index (κ2) is 17.7. The zero-order chi connectivity index (χ0) is 16.3. The summed E-state index contributed by atoms with van der Waals surface area (Å²) < 4.78 is 0. The quantitative estimate of drug-likeness (QED) is 0.215. The van der Waals surface area contributed by atoms with Gasteiger partial charge in [-0.25, -0.2) is 0 Å². The van der Waals surface area contributed by atoms with Gasteiger partial charge in [-0.3, -0.25) is 4.79 Å². The molecule has 2 heteroatoms. The first-order chi connectivity index (χ1) is 10.8. The highest BCUT2D eigenvalue weighted by Crippen LogP contribution is 2.05. The number of hydrogen-bond acceptors (Lipinski definition) is 1. The van der Waals surface area contributed by atoms with E-state index in [0.717, 1.165) is 25.7 Å². The standard InChI is InChI=1S/C20H34O2/c1-2-3-4-5-6-7-8-9-10-11-12-13-14-15-16-17-18-19-20(21)22/h6-7,12-15H,2-5,8-11,16-19H2,1H3,(H,21,22). The van der Waals surface area contributed by atoms with Crippen LogP contribution in [0, 0.1) is 0 Å². The molecule has 0 fully saturated rings. The summed E-state index contributed by atoms with van der Waals surface area (Å²) in [5, 5.41) is 8.51. The summed E-state index contributed by atoms with van der Waals surface area (Å²) in [5.74, 6) is -0.695. The molecule has 0 bridgehead atoms. The molecule has 0 aliphatic heterocycles. The Morgan fingerprint density at radius 1 is 0.727 bits per heavy atom. The molecule has 0 heterocycles. The van der Waals surface area contributed by atoms with Gasteiger partial charge in [-0.15, -0.1) is 0 Å². The number of carbonyl (C=O) groups is 1. The molecule has 0 aromatic heterocycles. The van der Waals surface area contributed by atoms with Crippen LogP contribution in [0.2, 0.25) is 0 Å². The zero-order valence-electron chi connectivity index (χ0n) is 14.3. The summed E-state index contributed by atoms with van der Waals surface area (Å²) in [4.78, 5) is 10.3. The second-order valence-electron chi connectivity index (χ2n) is 5.75. The molecular formula is C20H34O2. The van der Waals surface area contributed by atoms with Crippen LogP contribution in [0.4, 0.5) is 0 Å². The fraction of sp³-hybridized carbons (Fsp3) is 0.650. The smallest absolute Gasteiger partial charge is 0.303 e. The molecule has 126 valence electrons. The highest BCUT2D eigenvalue weighted by atomic mass is 16.4. The molecule has 0 spiro atoms. The van der Waals surface area contributed by atoms with Crippen molar-refractivity contribution >= 4 is 5.97 Å². The molecule has 0 aromatic rings. The summed E-state index contributed by atoms with van der Waals surface area (Å²) in [6, 6.07) is 0. The topological polar surface area (TPSA) is 37.3 Å². The van der Waals surface area contributed by atoms with Crippen molar-refractivity contribution in [3.63, 3.8) is 0 Å². The number of carboxylic acids is 1. The summed E-state index contributed by atoms with van der Waals surface area (Å²) in [6.45, 7) is 2.24. The minimum atomic E-state index is -0.695. The van der Waals surface area contributed by atoms with Gasteiger partial charge >= 0.3 is 5.97 Å². The Morgan fingerprint density at radius 3 is 1.68 bits per heavy atom. The van der Waals surface area contributed by atoms with Crippen molar-refractivity contribution in [3.8, 4) is 0 Å². The van der Waals surface area contributed by atoms with Crippen LogP contribution >= 0.6 is 0 Å². The van der Waals surface area contributed by atoms with Gasteiger partial charge in [-0.05, 0) is 57.8 Å². The van der Waals surface area contributed by atoms with Crippen molar-refractivity contribution < 1.29 is 9.90 Å². The molecule has 0 aliphatic carbocycles. The Morgan fingerprint density at radius 2 is 1.18 bits per heavy atom. The number of unbranched alkanes of at least 4 members (excludes halogenated alkanes) is 8. The van der Waals surface area contributed by atoms with Crippen LogP contribution in [0.5, 0.6) is 0 Å². The normalized spacial score (nSPS) is 12.0. The van der Waals surface area contributed by atoms with E-state index in [1.807, 2.05) is 0 Å². The van der Waals surface area contributed by atoms with Gasteiger partial charge in [0.2, 0.25) is 0 Å². The van der Waals surface area contributed by atoms with Crippen LogP contribution in [-0.2, 0) is 4.79 Å². The Balaban J connectivity index is 3.28. The van der Waals surface area contributed by atoms with E-state index >= 15 is 0 Å². The molecule has 22 heavy (non-hydrogen) atoms. The lowest BCUT2D eigenvalue weighted by molar-refractivity contribution is -0.137. The highest BCUT2D eigenvalue weighted by molar-refractivity contribution is 5.66. The van der Waals surface area contributed by atoms with Crippen molar-refractivity contribution in [1.29, 1.82) is 0 Å². The van der Waals surface area contributed by atoms with Crippen LogP contribution in [0.25, 0.3) is 0 Å². The summed E-state index contributed by atoms with van der Waals surface area (Å²) in [6.07, 6.45) is 26.3. The SMILES string of the molecule is CCCCCC=CCCCCC=CC=CCCCCC(=O)O. The Labute approximate surface area is 137 Å². The first kappa shape index (κ1) is 20.7. The minimum Gasteiger partial charge on any atom is -0.481 e. The summed E-state index contributed by atoms with van der Waals surface area (Å²) in [5.41, 5.74) is 0. The average molecular weight is 306 g/mol. The number of allylic oxidation sites excluding steroid dienone is 6. The Hall–Kier alpha value is -1.31. The van der Waals surface area contributed by atoms with Crippen molar-refractivity contribution in [1.82, 2.24) is 0 Å². The van der Waals surface area contributed by atoms with E-state index in [1.165, 1.54) is 44.9 Å². The van der Waals surface area contributed by atoms with E-state index in [1.54, 1.807) is 0 Å². The van der Waals surface area contributed by atoms with Gasteiger partial charge in [0, 0.05) is 6.42 Å². The van der Waals surface area contributed by atoms with Gasteiger partial charge in [0.15, 0.2) is 0 Å². The van der Waals surface area contributed by atoms with Crippen LogP contribution < -0.4 is 0 Å². The van der Waals surface area contributed by atoms with Crippen molar-refractivity contribution in [2.75, 3.05) is 0 Å². The van der Waals surface area contributed by atoms with Crippen molar-refractivity contribution in [2.24, 2.45) is 0 Å². The fourth-order valence-electron chi connectivity index (χ4n) is 2.16. The predicted octanol–water partition coefficient (Wildman–Crippen LogP) is 6.44. The molecule has 0 aliphatic rings. The monoisotopic (exact) mass is 306 g/mol. The van der Waals surface area contributed by atoms with Crippen LogP contribution in [0.15, 0.2) is 36.5 Å². The van der Waals surface area contributed by atoms with Gasteiger partial charge in [0.1, 0.15) is 0 Å². The lowest BCUT2D eigenvalue weighted by atomic mass is 10.1. The van der Waals surface area contributed by atoms with Crippen molar-refractivity contribution in [2.45, 2.75) is 84.0 Å². The molecule has 1 N–H and O–H groups in total. The van der Waals surface area contributed by atoms with Crippen LogP contribution in [-0.4, -0.2) is 11.1 Å². The van der Waals surface area contributed by atoms with E-state index < -0.39 is 5.97 Å². The maximum absolute atomic E-state index is 10.3. The number of hydrogen-bond donors (Lipinski definition) is 1. The number of carboxylic acid groups (broad SMARTS) is 1. The lowest BCUT2D eigenvalue weighted by Crippen LogP contribution is -1.92. The molecular weight excluding hydrogens is 272 g/mol. The molecule has 0 saturated heterocycles. The average Bonchev–Trinajstić information content (AvgIpc) is 2.50. The second-order valence-corrected chi connectivity index (χ2v) is 5.75. The van der Waals surface area contributed by atoms with Gasteiger partial charge in [-0.1, -0.05) is 56.2 Å². The molecule has 0 radical (unpaired) electrons. The van der Waals surface area contributed by atoms with Crippen molar-refractivity contribution in [3.05, 3.63) is 36.5 Å². The summed E-state index contributed by atoms with van der Waals surface area (Å²) in [7, 11) is 0. The molecule has 0 unspecified atom stereocenters. The third-order valence-corrected chi connectivity index (χ3v) is 3.53. The Bertz CT molecular complexity index is 327. The zero-order valence-corrected chi connectivity index (χ0v) is 14.3. The highest BCUT2D eigenvalue weighted by Gasteiger charge is 1.93.